The van der Waals surface area contributed by atoms with Crippen molar-refractivity contribution in [2.75, 3.05) is 6.54 Å². The molecular formula is C32H42FN5O4S. The zero-order valence-electron chi connectivity index (χ0n) is 25.9. The molecule has 5 atom stereocenters. The largest absolute Gasteiger partial charge is 0.388 e. The van der Waals surface area contributed by atoms with Gasteiger partial charge in [-0.25, -0.2) is 15.9 Å². The molecule has 1 saturated carbocycles. The number of nitrogens with zero attached hydrogens (tertiary/aromatic N) is 3. The Kier molecular flexibility index (Phi) is 9.33. The van der Waals surface area contributed by atoms with E-state index in [1.807, 2.05) is 31.5 Å². The highest BCUT2D eigenvalue weighted by Crippen LogP contribution is 2.40. The number of aromatic nitrogens is 1. The molecule has 2 aromatic rings. The normalized spacial score (nSPS) is 22.5. The van der Waals surface area contributed by atoms with E-state index in [0.717, 1.165) is 38.6 Å². The van der Waals surface area contributed by atoms with E-state index in [0.29, 0.717) is 12.8 Å². The number of hydrogen-bond acceptors (Lipinski definition) is 6. The topological polar surface area (TPSA) is 116 Å². The van der Waals surface area contributed by atoms with Gasteiger partial charge in [-0.2, -0.15) is 0 Å². The van der Waals surface area contributed by atoms with Crippen molar-refractivity contribution in [3.05, 3.63) is 51.9 Å². The molecule has 9 nitrogen and oxygen atoms in total. The maximum absolute atomic E-state index is 15.4. The lowest BCUT2D eigenvalue weighted by Crippen LogP contribution is -2.57. The van der Waals surface area contributed by atoms with E-state index < -0.39 is 59.6 Å². The van der Waals surface area contributed by atoms with Crippen molar-refractivity contribution >= 4 is 29.1 Å². The third-order valence-corrected chi connectivity index (χ3v) is 9.19. The average molecular weight is 612 g/mol. The van der Waals surface area contributed by atoms with Crippen molar-refractivity contribution in [3.8, 4) is 10.4 Å². The molecule has 1 aliphatic carbocycles. The molecule has 43 heavy (non-hydrogen) atoms. The summed E-state index contributed by atoms with van der Waals surface area (Å²) >= 11 is 1.56. The van der Waals surface area contributed by atoms with Gasteiger partial charge in [0, 0.05) is 12.8 Å². The van der Waals surface area contributed by atoms with E-state index in [2.05, 4.69) is 47.3 Å². The second-order valence-electron chi connectivity index (χ2n) is 13.4. The van der Waals surface area contributed by atoms with Crippen LogP contribution in [-0.2, 0) is 20.8 Å². The Labute approximate surface area is 257 Å². The van der Waals surface area contributed by atoms with Crippen molar-refractivity contribution in [2.45, 2.75) is 104 Å². The van der Waals surface area contributed by atoms with Crippen molar-refractivity contribution in [1.29, 1.82) is 0 Å². The van der Waals surface area contributed by atoms with Crippen LogP contribution in [0.1, 0.15) is 77.2 Å². The molecule has 2 fully saturated rings. The molecule has 3 amide bonds. The van der Waals surface area contributed by atoms with Crippen molar-refractivity contribution in [1.82, 2.24) is 20.5 Å². The number of benzene rings is 1. The van der Waals surface area contributed by atoms with Crippen LogP contribution >= 0.6 is 11.3 Å². The molecule has 0 radical (unpaired) electrons. The summed E-state index contributed by atoms with van der Waals surface area (Å²) in [4.78, 5) is 50.0. The number of hydrogen-bond donors (Lipinski definition) is 3. The zero-order valence-corrected chi connectivity index (χ0v) is 26.7. The van der Waals surface area contributed by atoms with Crippen molar-refractivity contribution in [2.24, 2.45) is 11.3 Å². The van der Waals surface area contributed by atoms with Crippen LogP contribution in [0.5, 0.6) is 0 Å². The van der Waals surface area contributed by atoms with E-state index in [4.69, 9.17) is 6.57 Å². The molecule has 11 heteroatoms. The minimum atomic E-state index is -2.00. The Morgan fingerprint density at radius 3 is 2.44 bits per heavy atom. The molecule has 1 aromatic heterocycles. The zero-order chi connectivity index (χ0) is 31.9. The first-order valence-electron chi connectivity index (χ1n) is 14.7. The van der Waals surface area contributed by atoms with Crippen molar-refractivity contribution in [3.63, 3.8) is 0 Å². The van der Waals surface area contributed by atoms with Crippen LogP contribution in [-0.4, -0.2) is 69.2 Å². The lowest BCUT2D eigenvalue weighted by molar-refractivity contribution is -0.143. The van der Waals surface area contributed by atoms with Crippen LogP contribution in [0.2, 0.25) is 0 Å². The molecule has 1 saturated heterocycles. The minimum Gasteiger partial charge on any atom is -0.388 e. The van der Waals surface area contributed by atoms with E-state index in [9.17, 15) is 19.5 Å². The number of alkyl halides is 1. The number of carbonyl (C=O) groups excluding carboxylic acids is 3. The highest BCUT2D eigenvalue weighted by molar-refractivity contribution is 7.13. The molecule has 3 N–H and O–H groups in total. The maximum Gasteiger partial charge on any atom is 0.309 e. The fourth-order valence-electron chi connectivity index (χ4n) is 5.64. The number of aryl methyl sites for hydroxylation is 1. The standard InChI is InChI=1S/C32H42FN5O4S/c1-17(2)25(37-30(42)32(34-8)11-12-32)29(41)38-15-23(39)24(33)26(38)28(40)36-18(3)22-10-9-20(27-19(4)35-16-43-27)13-21(22)14-31(5,6)7/h9-10,13,16-18,23-26,39H,11-12,14-15H2,1-7H3,(H,36,40)(H,37,42)/t18-,23-,24-,25-,26-/m0/s1. The number of halogens is 1. The lowest BCUT2D eigenvalue weighted by Gasteiger charge is -2.31. The number of aliphatic hydroxyl groups is 1. The number of β-amino-alcohol motifs (C(OH)–C–C–N with tert-alkyl or cyclic N) is 1. The molecule has 0 bridgehead atoms. The summed E-state index contributed by atoms with van der Waals surface area (Å²) in [6.45, 7) is 20.6. The van der Waals surface area contributed by atoms with Gasteiger partial charge in [0.15, 0.2) is 6.17 Å². The maximum atomic E-state index is 15.4. The van der Waals surface area contributed by atoms with Crippen LogP contribution in [0.25, 0.3) is 15.3 Å². The van der Waals surface area contributed by atoms with Gasteiger partial charge in [-0.3, -0.25) is 19.2 Å². The molecule has 2 heterocycles. The molecule has 0 spiro atoms. The number of amides is 3. The fourth-order valence-corrected chi connectivity index (χ4v) is 6.44. The smallest absolute Gasteiger partial charge is 0.309 e. The number of rotatable bonds is 9. The third-order valence-electron chi connectivity index (χ3n) is 8.22. The molecular weight excluding hydrogens is 569 g/mol. The number of likely N-dealkylation sites (tertiary alicyclic amines) is 1. The minimum absolute atomic E-state index is 0.0504. The Hall–Kier alpha value is -3.36. The van der Waals surface area contributed by atoms with Crippen LogP contribution in [0.4, 0.5) is 4.39 Å². The first-order chi connectivity index (χ1) is 20.1. The molecule has 0 unspecified atom stereocenters. The number of nitrogens with one attached hydrogen (secondary N) is 2. The van der Waals surface area contributed by atoms with E-state index in [1.165, 1.54) is 0 Å². The molecule has 1 aromatic carbocycles. The van der Waals surface area contributed by atoms with Crippen LogP contribution in [0.3, 0.4) is 0 Å². The summed E-state index contributed by atoms with van der Waals surface area (Å²) in [6, 6.07) is 2.92. The molecule has 1 aliphatic heterocycles. The van der Waals surface area contributed by atoms with E-state index in [1.54, 1.807) is 25.2 Å². The van der Waals surface area contributed by atoms with Gasteiger partial charge in [0.1, 0.15) is 18.2 Å². The van der Waals surface area contributed by atoms with Crippen LogP contribution in [0, 0.1) is 24.8 Å². The van der Waals surface area contributed by atoms with Gasteiger partial charge in [-0.15, -0.1) is 11.3 Å². The molecule has 232 valence electrons. The molecule has 2 aliphatic rings. The molecule has 4 rings (SSSR count). The number of aliphatic hydroxyl groups excluding tert-OH is 1. The predicted molar refractivity (Wildman–Crippen MR) is 164 cm³/mol. The summed E-state index contributed by atoms with van der Waals surface area (Å²) in [7, 11) is 0. The Bertz CT molecular complexity index is 1420. The monoisotopic (exact) mass is 611 g/mol. The highest BCUT2D eigenvalue weighted by atomic mass is 32.1. The fraction of sp³-hybridized carbons (Fsp3) is 0.594. The quantitative estimate of drug-likeness (QED) is 0.364. The van der Waals surface area contributed by atoms with E-state index >= 15 is 4.39 Å². The van der Waals surface area contributed by atoms with Crippen LogP contribution < -0.4 is 10.6 Å². The van der Waals surface area contributed by atoms with Gasteiger partial charge in [0.25, 0.3) is 0 Å². The third kappa shape index (κ3) is 6.91. The summed E-state index contributed by atoms with van der Waals surface area (Å²) in [5, 5.41) is 16.0. The van der Waals surface area contributed by atoms with Gasteiger partial charge in [-0.05, 0) is 54.4 Å². The number of carbonyl (C=O) groups is 3. The Morgan fingerprint density at radius 1 is 1.23 bits per heavy atom. The van der Waals surface area contributed by atoms with Gasteiger partial charge in [0.2, 0.25) is 11.8 Å². The van der Waals surface area contributed by atoms with Crippen molar-refractivity contribution < 1.29 is 23.9 Å². The predicted octanol–water partition coefficient (Wildman–Crippen LogP) is 4.39. The second-order valence-corrected chi connectivity index (χ2v) is 14.3. The summed E-state index contributed by atoms with van der Waals surface area (Å²) in [6.07, 6.45) is -1.98. The summed E-state index contributed by atoms with van der Waals surface area (Å²) in [5.41, 5.74) is 4.49. The Balaban J connectivity index is 1.57. The van der Waals surface area contributed by atoms with E-state index in [-0.39, 0.29) is 12.0 Å². The average Bonchev–Trinajstić information content (AvgIpc) is 3.52. The van der Waals surface area contributed by atoms with Gasteiger partial charge in [0.05, 0.1) is 28.7 Å². The van der Waals surface area contributed by atoms with Gasteiger partial charge in [-0.1, -0.05) is 46.8 Å². The SMILES string of the molecule is [C-]#[N+]C1(C(=O)N[C@H](C(=O)N2C[C@H](O)[C@H](F)[C@H]2C(=O)N[C@@H](C)c2ccc(-c3scnc3C)cc2CC(C)(C)C)C(C)C)CC1. The number of thiazole rings is 1. The second kappa shape index (κ2) is 12.3. The van der Waals surface area contributed by atoms with Gasteiger partial charge < -0.3 is 20.6 Å². The summed E-state index contributed by atoms with van der Waals surface area (Å²) < 4.78 is 15.4. The first kappa shape index (κ1) is 32.6. The lowest BCUT2D eigenvalue weighted by atomic mass is 9.84. The summed E-state index contributed by atoms with van der Waals surface area (Å²) in [5.74, 6) is -2.31. The highest BCUT2D eigenvalue weighted by Gasteiger charge is 2.59. The Morgan fingerprint density at radius 2 is 1.91 bits per heavy atom. The first-order valence-corrected chi connectivity index (χ1v) is 15.6. The van der Waals surface area contributed by atoms with Crippen LogP contribution in [0.15, 0.2) is 23.7 Å². The van der Waals surface area contributed by atoms with Gasteiger partial charge >= 0.3 is 11.4 Å².